The molecule has 9 nitrogen and oxygen atoms in total. The highest BCUT2D eigenvalue weighted by molar-refractivity contribution is 7.92. The molecule has 0 unspecified atom stereocenters. The molecule has 0 aromatic heterocycles. The second-order valence-corrected chi connectivity index (χ2v) is 12.9. The van der Waals surface area contributed by atoms with E-state index in [0.29, 0.717) is 17.9 Å². The Morgan fingerprint density at radius 2 is 1.53 bits per heavy atom. The van der Waals surface area contributed by atoms with E-state index in [1.807, 2.05) is 24.3 Å². The standard InChI is InChI=1S/C32H39F2N5O4S.ClH/c1-3-4-17-39(32(41)36-30-14-9-25(33)21-29(30)34)28-15-18-38(19-16-28)22-24-7-10-26(11-8-24)35-31(40)20-23-5-12-27(13-6-23)37-44(2,42)43;/h5-14,21,28,37H,3-4,15-20,22H2,1-2H3,(H,35,40)(H,36,41);1H. The SMILES string of the molecule is CCCCN(C(=O)Nc1ccc(F)cc1F)C1CCN(Cc2ccc(NC(=O)Cc3ccc(NS(C)(=O)=O)cc3)cc2)CC1.Cl. The van der Waals surface area contributed by atoms with Gasteiger partial charge in [0.1, 0.15) is 11.6 Å². The van der Waals surface area contributed by atoms with Crippen LogP contribution in [0, 0.1) is 11.6 Å². The van der Waals surface area contributed by atoms with Crippen molar-refractivity contribution in [3.05, 3.63) is 89.5 Å². The first-order valence-corrected chi connectivity index (χ1v) is 16.6. The molecule has 0 radical (unpaired) electrons. The molecule has 0 atom stereocenters. The Balaban J connectivity index is 0.00000552. The van der Waals surface area contributed by atoms with Crippen LogP contribution in [-0.4, -0.2) is 62.1 Å². The van der Waals surface area contributed by atoms with Gasteiger partial charge in [0.05, 0.1) is 18.4 Å². The quantitative estimate of drug-likeness (QED) is 0.213. The summed E-state index contributed by atoms with van der Waals surface area (Å²) in [7, 11) is -3.36. The lowest BCUT2D eigenvalue weighted by Gasteiger charge is -2.38. The van der Waals surface area contributed by atoms with Crippen LogP contribution in [-0.2, 0) is 27.8 Å². The number of hydrogen-bond donors (Lipinski definition) is 3. The van der Waals surface area contributed by atoms with Crippen molar-refractivity contribution >= 4 is 51.4 Å². The number of amides is 3. The van der Waals surface area contributed by atoms with Crippen LogP contribution < -0.4 is 15.4 Å². The smallest absolute Gasteiger partial charge is 0.322 e. The van der Waals surface area contributed by atoms with Crippen molar-refractivity contribution in [1.29, 1.82) is 0 Å². The van der Waals surface area contributed by atoms with E-state index >= 15 is 0 Å². The van der Waals surface area contributed by atoms with Crippen LogP contribution in [0.4, 0.5) is 30.6 Å². The molecule has 3 aromatic rings. The average Bonchev–Trinajstić information content (AvgIpc) is 2.97. The van der Waals surface area contributed by atoms with Crippen molar-refractivity contribution in [3.8, 4) is 0 Å². The molecule has 1 aliphatic rings. The monoisotopic (exact) mass is 663 g/mol. The first-order valence-electron chi connectivity index (χ1n) is 14.7. The van der Waals surface area contributed by atoms with Crippen molar-refractivity contribution in [1.82, 2.24) is 9.80 Å². The van der Waals surface area contributed by atoms with E-state index in [2.05, 4.69) is 27.2 Å². The Morgan fingerprint density at radius 1 is 0.911 bits per heavy atom. The number of benzene rings is 3. The number of halogens is 3. The highest BCUT2D eigenvalue weighted by atomic mass is 35.5. The predicted molar refractivity (Wildman–Crippen MR) is 176 cm³/mol. The first-order chi connectivity index (χ1) is 21.0. The first kappa shape index (κ1) is 35.7. The second kappa shape index (κ2) is 16.5. The Morgan fingerprint density at radius 3 is 2.13 bits per heavy atom. The van der Waals surface area contributed by atoms with Crippen molar-refractivity contribution in [2.45, 2.75) is 51.6 Å². The highest BCUT2D eigenvalue weighted by Gasteiger charge is 2.28. The maximum atomic E-state index is 14.1. The summed E-state index contributed by atoms with van der Waals surface area (Å²) in [4.78, 5) is 29.7. The van der Waals surface area contributed by atoms with Gasteiger partial charge in [0, 0.05) is 49.7 Å². The van der Waals surface area contributed by atoms with E-state index in [9.17, 15) is 26.8 Å². The Bertz CT molecular complexity index is 1530. The van der Waals surface area contributed by atoms with Crippen LogP contribution in [0.25, 0.3) is 0 Å². The third kappa shape index (κ3) is 11.3. The summed E-state index contributed by atoms with van der Waals surface area (Å²) in [6.45, 7) is 4.94. The number of urea groups is 1. The largest absolute Gasteiger partial charge is 0.326 e. The fourth-order valence-electron chi connectivity index (χ4n) is 5.19. The van der Waals surface area contributed by atoms with Crippen LogP contribution in [0.3, 0.4) is 0 Å². The molecule has 1 aliphatic heterocycles. The van der Waals surface area contributed by atoms with Crippen LogP contribution in [0.15, 0.2) is 66.7 Å². The average molecular weight is 664 g/mol. The van der Waals surface area contributed by atoms with Gasteiger partial charge in [-0.1, -0.05) is 37.6 Å². The molecule has 1 heterocycles. The summed E-state index contributed by atoms with van der Waals surface area (Å²) >= 11 is 0. The molecule has 3 amide bonds. The third-order valence-electron chi connectivity index (χ3n) is 7.45. The van der Waals surface area contributed by atoms with E-state index in [1.54, 1.807) is 29.2 Å². The number of carbonyl (C=O) groups is 2. The molecular formula is C32H40ClF2N5O4S. The van der Waals surface area contributed by atoms with Crippen molar-refractivity contribution < 1.29 is 26.8 Å². The summed E-state index contributed by atoms with van der Waals surface area (Å²) in [5.74, 6) is -1.67. The maximum Gasteiger partial charge on any atom is 0.322 e. The molecule has 1 fully saturated rings. The molecule has 0 bridgehead atoms. The molecular weight excluding hydrogens is 624 g/mol. The van der Waals surface area contributed by atoms with Gasteiger partial charge in [-0.3, -0.25) is 14.4 Å². The van der Waals surface area contributed by atoms with Gasteiger partial charge in [-0.05, 0) is 66.8 Å². The summed E-state index contributed by atoms with van der Waals surface area (Å²) in [6.07, 6.45) is 4.55. The highest BCUT2D eigenvalue weighted by Crippen LogP contribution is 2.22. The van der Waals surface area contributed by atoms with Crippen LogP contribution in [0.5, 0.6) is 0 Å². The minimum atomic E-state index is -3.36. The van der Waals surface area contributed by atoms with Crippen LogP contribution >= 0.6 is 12.4 Å². The van der Waals surface area contributed by atoms with E-state index < -0.39 is 21.7 Å². The van der Waals surface area contributed by atoms with E-state index in [-0.39, 0.29) is 42.5 Å². The molecule has 244 valence electrons. The van der Waals surface area contributed by atoms with Gasteiger partial charge in [-0.2, -0.15) is 0 Å². The van der Waals surface area contributed by atoms with Crippen molar-refractivity contribution in [3.63, 3.8) is 0 Å². The Kier molecular flexibility index (Phi) is 13.1. The number of hydrogen-bond acceptors (Lipinski definition) is 5. The third-order valence-corrected chi connectivity index (χ3v) is 8.06. The summed E-state index contributed by atoms with van der Waals surface area (Å²) in [5.41, 5.74) is 2.95. The lowest BCUT2D eigenvalue weighted by atomic mass is 10.0. The number of unbranched alkanes of at least 4 members (excludes halogenated alkanes) is 1. The molecule has 1 saturated heterocycles. The number of anilines is 3. The van der Waals surface area contributed by atoms with Gasteiger partial charge < -0.3 is 15.5 Å². The zero-order chi connectivity index (χ0) is 31.7. The Labute approximate surface area is 269 Å². The fourth-order valence-corrected chi connectivity index (χ4v) is 5.76. The molecule has 45 heavy (non-hydrogen) atoms. The Hall–Kier alpha value is -3.74. The number of nitrogens with zero attached hydrogens (tertiary/aromatic N) is 2. The lowest BCUT2D eigenvalue weighted by molar-refractivity contribution is -0.115. The molecule has 3 aromatic carbocycles. The summed E-state index contributed by atoms with van der Waals surface area (Å²) in [5, 5.41) is 5.51. The number of sulfonamides is 1. The van der Waals surface area contributed by atoms with E-state index in [1.165, 1.54) is 6.07 Å². The van der Waals surface area contributed by atoms with E-state index in [4.69, 9.17) is 0 Å². The maximum absolute atomic E-state index is 14.1. The summed E-state index contributed by atoms with van der Waals surface area (Å²) < 4.78 is 52.5. The topological polar surface area (TPSA) is 111 Å². The van der Waals surface area contributed by atoms with Gasteiger partial charge in [0.15, 0.2) is 0 Å². The molecule has 0 spiro atoms. The normalized spacial score (nSPS) is 13.9. The molecule has 0 saturated carbocycles. The number of carbonyl (C=O) groups excluding carboxylic acids is 2. The van der Waals surface area contributed by atoms with E-state index in [0.717, 1.165) is 74.8 Å². The predicted octanol–water partition coefficient (Wildman–Crippen LogP) is 6.24. The van der Waals surface area contributed by atoms with Gasteiger partial charge in [-0.15, -0.1) is 12.4 Å². The van der Waals surface area contributed by atoms with Crippen molar-refractivity contribution in [2.24, 2.45) is 0 Å². The van der Waals surface area contributed by atoms with Crippen LogP contribution in [0.2, 0.25) is 0 Å². The second-order valence-electron chi connectivity index (χ2n) is 11.1. The molecule has 0 aliphatic carbocycles. The number of piperidine rings is 1. The summed E-state index contributed by atoms with van der Waals surface area (Å²) in [6, 6.07) is 17.1. The van der Waals surface area contributed by atoms with Gasteiger partial charge in [0.25, 0.3) is 0 Å². The number of rotatable bonds is 12. The minimum absolute atomic E-state index is 0. The van der Waals surface area contributed by atoms with Gasteiger partial charge >= 0.3 is 6.03 Å². The molecule has 3 N–H and O–H groups in total. The number of nitrogens with one attached hydrogen (secondary N) is 3. The number of likely N-dealkylation sites (tertiary alicyclic amines) is 1. The minimum Gasteiger partial charge on any atom is -0.326 e. The molecule has 13 heteroatoms. The molecule has 4 rings (SSSR count). The zero-order valence-corrected chi connectivity index (χ0v) is 27.0. The fraction of sp³-hybridized carbons (Fsp3) is 0.375. The zero-order valence-electron chi connectivity index (χ0n) is 25.4. The van der Waals surface area contributed by atoms with Crippen molar-refractivity contribution in [2.75, 3.05) is 41.2 Å². The lowest BCUT2D eigenvalue weighted by Crippen LogP contribution is -2.49. The van der Waals surface area contributed by atoms with Gasteiger partial charge in [-0.25, -0.2) is 22.0 Å². The van der Waals surface area contributed by atoms with Gasteiger partial charge in [0.2, 0.25) is 15.9 Å². The van der Waals surface area contributed by atoms with Crippen LogP contribution in [0.1, 0.15) is 43.7 Å².